The Labute approximate surface area is 368 Å². The lowest BCUT2D eigenvalue weighted by Gasteiger charge is -2.27. The van der Waals surface area contributed by atoms with Gasteiger partial charge in [0.15, 0.2) is 0 Å². The number of nitrogens with zero attached hydrogens (tertiary/aromatic N) is 1. The summed E-state index contributed by atoms with van der Waals surface area (Å²) in [4.78, 5) is 2.40. The molecule has 0 aliphatic carbocycles. The molecule has 11 aromatic carbocycles. The van der Waals surface area contributed by atoms with E-state index in [2.05, 4.69) is 217 Å². The Morgan fingerprint density at radius 1 is 0.254 bits per heavy atom. The summed E-state index contributed by atoms with van der Waals surface area (Å²) in [7, 11) is 0. The molecule has 63 heavy (non-hydrogen) atoms. The van der Waals surface area contributed by atoms with Crippen molar-refractivity contribution in [3.05, 3.63) is 224 Å². The lowest BCUT2D eigenvalue weighted by Crippen LogP contribution is -2.10. The molecule has 13 rings (SSSR count). The second kappa shape index (κ2) is 14.3. The molecule has 3 heteroatoms. The SMILES string of the molecule is c1ccc(N(c2ccc3c(c2)-c2ccccc2Oc2ccccc2-3)c2ccc3c(c2)c2ccccc2c2ccccc2c2ccccc2c2cc4sc5ccccc5c4cc32)cc1. The number of fused-ring (bicyclic) bond motifs is 18. The molecule has 0 saturated heterocycles. The molecule has 0 atom stereocenters. The molecular formula is C60H37NOS. The van der Waals surface area contributed by atoms with Gasteiger partial charge < -0.3 is 9.64 Å². The summed E-state index contributed by atoms with van der Waals surface area (Å²) in [6, 6.07) is 82.1. The van der Waals surface area contributed by atoms with Gasteiger partial charge in [0.25, 0.3) is 0 Å². The third-order valence-electron chi connectivity index (χ3n) is 12.9. The van der Waals surface area contributed by atoms with Crippen molar-refractivity contribution < 1.29 is 4.74 Å². The van der Waals surface area contributed by atoms with Crippen molar-refractivity contribution in [1.82, 2.24) is 0 Å². The number of anilines is 3. The first-order valence-corrected chi connectivity index (χ1v) is 22.3. The van der Waals surface area contributed by atoms with Crippen molar-refractivity contribution in [3.63, 3.8) is 0 Å². The van der Waals surface area contributed by atoms with E-state index in [-0.39, 0.29) is 0 Å². The van der Waals surface area contributed by atoms with Crippen LogP contribution < -0.4 is 9.64 Å². The van der Waals surface area contributed by atoms with Crippen LogP contribution in [-0.4, -0.2) is 0 Å². The number of rotatable bonds is 3. The summed E-state index contributed by atoms with van der Waals surface area (Å²) in [5, 5.41) is 14.7. The van der Waals surface area contributed by atoms with E-state index in [9.17, 15) is 0 Å². The van der Waals surface area contributed by atoms with Crippen molar-refractivity contribution in [2.75, 3.05) is 4.90 Å². The zero-order valence-corrected chi connectivity index (χ0v) is 34.9. The molecule has 1 aliphatic heterocycles. The summed E-state index contributed by atoms with van der Waals surface area (Å²) < 4.78 is 9.19. The number of hydrogen-bond acceptors (Lipinski definition) is 3. The van der Waals surface area contributed by atoms with Gasteiger partial charge in [0, 0.05) is 48.4 Å². The predicted molar refractivity (Wildman–Crippen MR) is 270 cm³/mol. The van der Waals surface area contributed by atoms with E-state index in [0.717, 1.165) is 50.8 Å². The smallest absolute Gasteiger partial charge is 0.135 e. The largest absolute Gasteiger partial charge is 0.456 e. The Morgan fingerprint density at radius 3 is 1.37 bits per heavy atom. The monoisotopic (exact) mass is 819 g/mol. The Morgan fingerprint density at radius 2 is 0.714 bits per heavy atom. The van der Waals surface area contributed by atoms with E-state index in [1.54, 1.807) is 0 Å². The molecule has 0 bridgehead atoms. The van der Waals surface area contributed by atoms with Gasteiger partial charge in [-0.25, -0.2) is 0 Å². The Kier molecular flexibility index (Phi) is 8.12. The highest BCUT2D eigenvalue weighted by atomic mass is 32.1. The highest BCUT2D eigenvalue weighted by Gasteiger charge is 2.23. The van der Waals surface area contributed by atoms with Gasteiger partial charge in [0.2, 0.25) is 0 Å². The topological polar surface area (TPSA) is 12.5 Å². The van der Waals surface area contributed by atoms with Gasteiger partial charge in [-0.1, -0.05) is 158 Å². The number of hydrogen-bond donors (Lipinski definition) is 0. The van der Waals surface area contributed by atoms with Crippen LogP contribution in [0.4, 0.5) is 17.1 Å². The zero-order chi connectivity index (χ0) is 41.4. The maximum Gasteiger partial charge on any atom is 0.135 e. The molecule has 2 heterocycles. The van der Waals surface area contributed by atoms with Gasteiger partial charge in [-0.2, -0.15) is 0 Å². The molecule has 0 radical (unpaired) electrons. The van der Waals surface area contributed by atoms with E-state index in [1.165, 1.54) is 74.0 Å². The average molecular weight is 820 g/mol. The average Bonchev–Trinajstić information content (AvgIpc) is 3.65. The molecule has 1 aromatic heterocycles. The molecule has 12 aromatic rings. The first-order chi connectivity index (χ1) is 31.2. The van der Waals surface area contributed by atoms with Crippen molar-refractivity contribution in [1.29, 1.82) is 0 Å². The van der Waals surface area contributed by atoms with E-state index in [4.69, 9.17) is 4.74 Å². The minimum absolute atomic E-state index is 0.852. The van der Waals surface area contributed by atoms with Crippen molar-refractivity contribution in [3.8, 4) is 33.8 Å². The Balaban J connectivity index is 1.18. The number of ether oxygens (including phenoxy) is 1. The maximum absolute atomic E-state index is 6.60. The molecule has 0 spiro atoms. The summed E-state index contributed by atoms with van der Waals surface area (Å²) in [5.74, 6) is 1.71. The number of para-hydroxylation sites is 3. The van der Waals surface area contributed by atoms with Crippen LogP contribution in [0.15, 0.2) is 224 Å². The second-order valence-corrected chi connectivity index (χ2v) is 17.4. The van der Waals surface area contributed by atoms with Crippen LogP contribution in [0.5, 0.6) is 11.5 Å². The number of benzene rings is 10. The van der Waals surface area contributed by atoms with E-state index < -0.39 is 0 Å². The standard InChI is InChI=1S/C60H37NOS/c1-2-16-38(17-3-1)61(40-30-32-47-49-24-10-13-27-57(49)62-58-28-14-11-25-50(58)53(47)35-40)39-31-33-48-52(34-39)45-22-8-6-20-43(45)41-18-4-5-19-42(41)44-21-7-9-23-46(44)55-37-60-56(36-54(48)55)51-26-12-15-29-59(51)63-60/h1-37H. The van der Waals surface area contributed by atoms with Crippen LogP contribution in [0.25, 0.3) is 96.3 Å². The lowest BCUT2D eigenvalue weighted by atomic mass is 9.93. The minimum atomic E-state index is 0.852. The highest BCUT2D eigenvalue weighted by Crippen LogP contribution is 2.50. The number of thiophene rings is 1. The van der Waals surface area contributed by atoms with E-state index in [0.29, 0.717) is 0 Å². The van der Waals surface area contributed by atoms with Crippen LogP contribution in [0, 0.1) is 0 Å². The quantitative estimate of drug-likeness (QED) is 0.176. The first kappa shape index (κ1) is 35.7. The highest BCUT2D eigenvalue weighted by molar-refractivity contribution is 7.25. The van der Waals surface area contributed by atoms with Gasteiger partial charge in [-0.05, 0) is 132 Å². The van der Waals surface area contributed by atoms with Crippen LogP contribution in [0.2, 0.25) is 0 Å². The van der Waals surface area contributed by atoms with Gasteiger partial charge in [-0.3, -0.25) is 0 Å². The van der Waals surface area contributed by atoms with Gasteiger partial charge in [0.1, 0.15) is 11.5 Å². The molecule has 294 valence electrons. The maximum atomic E-state index is 6.60. The van der Waals surface area contributed by atoms with Crippen molar-refractivity contribution in [2.45, 2.75) is 0 Å². The fourth-order valence-electron chi connectivity index (χ4n) is 10.0. The molecule has 1 aliphatic rings. The Bertz CT molecular complexity index is 3900. The normalized spacial score (nSPS) is 11.9. The van der Waals surface area contributed by atoms with Crippen LogP contribution in [-0.2, 0) is 0 Å². The summed E-state index contributed by atoms with van der Waals surface area (Å²) in [6.45, 7) is 0. The van der Waals surface area contributed by atoms with Gasteiger partial charge in [0.05, 0.1) is 0 Å². The first-order valence-electron chi connectivity index (χ1n) is 21.5. The van der Waals surface area contributed by atoms with Crippen molar-refractivity contribution in [2.24, 2.45) is 0 Å². The van der Waals surface area contributed by atoms with Gasteiger partial charge >= 0.3 is 0 Å². The predicted octanol–water partition coefficient (Wildman–Crippen LogP) is 17.9. The van der Waals surface area contributed by atoms with E-state index in [1.807, 2.05) is 23.5 Å². The molecular weight excluding hydrogens is 783 g/mol. The molecule has 0 saturated carbocycles. The summed E-state index contributed by atoms with van der Waals surface area (Å²) >= 11 is 1.88. The third-order valence-corrected chi connectivity index (χ3v) is 14.0. The van der Waals surface area contributed by atoms with Crippen LogP contribution in [0.3, 0.4) is 0 Å². The van der Waals surface area contributed by atoms with E-state index >= 15 is 0 Å². The fraction of sp³-hybridized carbons (Fsp3) is 0. The van der Waals surface area contributed by atoms with Crippen LogP contribution >= 0.6 is 11.3 Å². The molecule has 0 fully saturated rings. The third kappa shape index (κ3) is 5.71. The van der Waals surface area contributed by atoms with Gasteiger partial charge in [-0.15, -0.1) is 11.3 Å². The molecule has 2 nitrogen and oxygen atoms in total. The molecule has 0 amide bonds. The minimum Gasteiger partial charge on any atom is -0.456 e. The van der Waals surface area contributed by atoms with Crippen LogP contribution in [0.1, 0.15) is 0 Å². The Hall–Kier alpha value is -7.98. The lowest BCUT2D eigenvalue weighted by molar-refractivity contribution is 0.488. The zero-order valence-electron chi connectivity index (χ0n) is 34.1. The summed E-state index contributed by atoms with van der Waals surface area (Å²) in [6.07, 6.45) is 0. The molecule has 0 N–H and O–H groups in total. The van der Waals surface area contributed by atoms with Crippen molar-refractivity contribution >= 4 is 102 Å². The summed E-state index contributed by atoms with van der Waals surface area (Å²) in [5.41, 5.74) is 7.65. The molecule has 0 unspecified atom stereocenters. The second-order valence-electron chi connectivity index (χ2n) is 16.4. The fourth-order valence-corrected chi connectivity index (χ4v) is 11.2.